The minimum atomic E-state index is 0.249. The smallest absolute Gasteiger partial charge is 0.149 e. The number of nitrogens with zero attached hydrogens (tertiary/aromatic N) is 1. The van der Waals surface area contributed by atoms with E-state index in [9.17, 15) is 0 Å². The molecule has 1 aromatic rings. The quantitative estimate of drug-likeness (QED) is 0.847. The van der Waals surface area contributed by atoms with E-state index in [0.29, 0.717) is 0 Å². The second kappa shape index (κ2) is 5.59. The van der Waals surface area contributed by atoms with E-state index in [4.69, 9.17) is 0 Å². The van der Waals surface area contributed by atoms with Crippen LogP contribution in [-0.4, -0.2) is 18.1 Å². The first kappa shape index (κ1) is 14.8. The molecule has 102 valence electrons. The molecule has 0 aromatic carbocycles. The van der Waals surface area contributed by atoms with Gasteiger partial charge in [-0.2, -0.15) is 0 Å². The molecular weight excluding hydrogens is 222 g/mol. The van der Waals surface area contributed by atoms with E-state index in [0.717, 1.165) is 24.6 Å². The van der Waals surface area contributed by atoms with Gasteiger partial charge in [-0.3, -0.25) is 0 Å². The molecule has 1 rings (SSSR count). The third-order valence-electron chi connectivity index (χ3n) is 2.40. The predicted molar refractivity (Wildman–Crippen MR) is 80.1 cm³/mol. The monoisotopic (exact) mass is 249 g/mol. The van der Waals surface area contributed by atoms with E-state index < -0.39 is 0 Å². The molecule has 0 fully saturated rings. The van der Waals surface area contributed by atoms with Gasteiger partial charge >= 0.3 is 0 Å². The van der Waals surface area contributed by atoms with Crippen molar-refractivity contribution in [3.63, 3.8) is 0 Å². The topological polar surface area (TPSA) is 37.0 Å². The highest BCUT2D eigenvalue weighted by Crippen LogP contribution is 2.22. The highest BCUT2D eigenvalue weighted by atomic mass is 15.0. The second-order valence-corrected chi connectivity index (χ2v) is 7.23. The zero-order chi connectivity index (χ0) is 13.8. The molecule has 0 atom stereocenters. The number of pyridine rings is 1. The molecule has 0 bridgehead atoms. The third kappa shape index (κ3) is 5.89. The molecule has 0 amide bonds. The van der Waals surface area contributed by atoms with Crippen molar-refractivity contribution in [2.75, 3.05) is 23.7 Å². The molecule has 3 heteroatoms. The van der Waals surface area contributed by atoms with Crippen LogP contribution in [0.15, 0.2) is 18.3 Å². The van der Waals surface area contributed by atoms with Gasteiger partial charge in [-0.25, -0.2) is 4.98 Å². The van der Waals surface area contributed by atoms with Gasteiger partial charge in [0.15, 0.2) is 0 Å². The molecule has 1 heterocycles. The minimum absolute atomic E-state index is 0.249. The largest absolute Gasteiger partial charge is 0.382 e. The van der Waals surface area contributed by atoms with E-state index in [1.807, 2.05) is 12.3 Å². The van der Waals surface area contributed by atoms with Crippen molar-refractivity contribution in [1.29, 1.82) is 0 Å². The van der Waals surface area contributed by atoms with Crippen molar-refractivity contribution in [2.45, 2.75) is 41.5 Å². The molecule has 1 aromatic heterocycles. The van der Waals surface area contributed by atoms with Gasteiger partial charge in [-0.15, -0.1) is 0 Å². The molecule has 0 unspecified atom stereocenters. The number of hydrogen-bond acceptors (Lipinski definition) is 3. The van der Waals surface area contributed by atoms with E-state index >= 15 is 0 Å². The van der Waals surface area contributed by atoms with Gasteiger partial charge in [-0.05, 0) is 23.0 Å². The Bertz CT molecular complexity index is 335. The number of aromatic nitrogens is 1. The number of anilines is 2. The Labute approximate surface area is 111 Å². The van der Waals surface area contributed by atoms with Crippen molar-refractivity contribution in [2.24, 2.45) is 10.8 Å². The van der Waals surface area contributed by atoms with Crippen LogP contribution < -0.4 is 10.6 Å². The van der Waals surface area contributed by atoms with E-state index in [1.165, 1.54) is 0 Å². The van der Waals surface area contributed by atoms with Crippen LogP contribution in [0.5, 0.6) is 0 Å². The van der Waals surface area contributed by atoms with Gasteiger partial charge in [0.05, 0.1) is 5.69 Å². The summed E-state index contributed by atoms with van der Waals surface area (Å²) in [5.41, 5.74) is 1.59. The summed E-state index contributed by atoms with van der Waals surface area (Å²) in [4.78, 5) is 4.41. The van der Waals surface area contributed by atoms with Gasteiger partial charge in [-0.1, -0.05) is 41.5 Å². The Morgan fingerprint density at radius 1 is 0.944 bits per heavy atom. The zero-order valence-electron chi connectivity index (χ0n) is 12.6. The lowest BCUT2D eigenvalue weighted by atomic mass is 9.96. The van der Waals surface area contributed by atoms with Crippen LogP contribution in [0.25, 0.3) is 0 Å². The van der Waals surface area contributed by atoms with Crippen molar-refractivity contribution in [1.82, 2.24) is 4.98 Å². The standard InChI is InChI=1S/C15H27N3/c1-14(2,3)10-17-12-8-7-9-16-13(12)18-11-15(4,5)6/h7-9,17H,10-11H2,1-6H3,(H,16,18). The SMILES string of the molecule is CC(C)(C)CNc1cccnc1NCC(C)(C)C. The Kier molecular flexibility index (Phi) is 4.60. The fraction of sp³-hybridized carbons (Fsp3) is 0.667. The third-order valence-corrected chi connectivity index (χ3v) is 2.40. The van der Waals surface area contributed by atoms with Crippen molar-refractivity contribution in [3.8, 4) is 0 Å². The maximum Gasteiger partial charge on any atom is 0.149 e. The van der Waals surface area contributed by atoms with Crippen LogP contribution in [0, 0.1) is 10.8 Å². The average molecular weight is 249 g/mol. The van der Waals surface area contributed by atoms with Crippen molar-refractivity contribution < 1.29 is 0 Å². The summed E-state index contributed by atoms with van der Waals surface area (Å²) >= 11 is 0. The Hall–Kier alpha value is -1.25. The highest BCUT2D eigenvalue weighted by molar-refractivity contribution is 5.63. The molecule has 0 aliphatic carbocycles. The Balaban J connectivity index is 2.68. The molecule has 2 N–H and O–H groups in total. The summed E-state index contributed by atoms with van der Waals surface area (Å²) in [7, 11) is 0. The summed E-state index contributed by atoms with van der Waals surface area (Å²) in [5.74, 6) is 0.941. The van der Waals surface area contributed by atoms with Crippen LogP contribution in [0.2, 0.25) is 0 Å². The van der Waals surface area contributed by atoms with Gasteiger partial charge in [0.1, 0.15) is 5.82 Å². The number of rotatable bonds is 4. The first-order valence-electron chi connectivity index (χ1n) is 6.60. The van der Waals surface area contributed by atoms with Crippen molar-refractivity contribution >= 4 is 11.5 Å². The second-order valence-electron chi connectivity index (χ2n) is 7.23. The fourth-order valence-electron chi connectivity index (χ4n) is 1.40. The average Bonchev–Trinajstić information content (AvgIpc) is 2.22. The predicted octanol–water partition coefficient (Wildman–Crippen LogP) is 4.00. The maximum atomic E-state index is 4.41. The number of nitrogens with one attached hydrogen (secondary N) is 2. The van der Waals surface area contributed by atoms with Crippen LogP contribution >= 0.6 is 0 Å². The lowest BCUT2D eigenvalue weighted by Crippen LogP contribution is -2.22. The molecule has 0 radical (unpaired) electrons. The Morgan fingerprint density at radius 3 is 2.06 bits per heavy atom. The summed E-state index contributed by atoms with van der Waals surface area (Å²) in [6.07, 6.45) is 1.83. The molecular formula is C15H27N3. The summed E-state index contributed by atoms with van der Waals surface area (Å²) in [6, 6.07) is 4.04. The molecule has 0 aliphatic heterocycles. The molecule has 3 nitrogen and oxygen atoms in total. The highest BCUT2D eigenvalue weighted by Gasteiger charge is 2.13. The van der Waals surface area contributed by atoms with E-state index in [2.05, 4.69) is 63.2 Å². The van der Waals surface area contributed by atoms with Crippen LogP contribution in [0.3, 0.4) is 0 Å². The maximum absolute atomic E-state index is 4.41. The first-order valence-corrected chi connectivity index (χ1v) is 6.60. The van der Waals surface area contributed by atoms with Gasteiger partial charge in [0.2, 0.25) is 0 Å². The molecule has 0 aliphatic rings. The normalized spacial score (nSPS) is 12.3. The summed E-state index contributed by atoms with van der Waals surface area (Å²) < 4.78 is 0. The van der Waals surface area contributed by atoms with Gasteiger partial charge < -0.3 is 10.6 Å². The van der Waals surface area contributed by atoms with Crippen molar-refractivity contribution in [3.05, 3.63) is 18.3 Å². The molecule has 0 spiro atoms. The molecule has 0 saturated carbocycles. The first-order chi connectivity index (χ1) is 8.17. The Morgan fingerprint density at radius 2 is 1.50 bits per heavy atom. The van der Waals surface area contributed by atoms with Gasteiger partial charge in [0.25, 0.3) is 0 Å². The summed E-state index contributed by atoms with van der Waals surface area (Å²) in [6.45, 7) is 15.1. The minimum Gasteiger partial charge on any atom is -0.382 e. The summed E-state index contributed by atoms with van der Waals surface area (Å²) in [5, 5.41) is 6.88. The number of hydrogen-bond donors (Lipinski definition) is 2. The van der Waals surface area contributed by atoms with Crippen LogP contribution in [0.1, 0.15) is 41.5 Å². The van der Waals surface area contributed by atoms with Crippen LogP contribution in [0.4, 0.5) is 11.5 Å². The fourth-order valence-corrected chi connectivity index (χ4v) is 1.40. The molecule has 18 heavy (non-hydrogen) atoms. The van der Waals surface area contributed by atoms with E-state index in [1.54, 1.807) is 0 Å². The van der Waals surface area contributed by atoms with Crippen LogP contribution in [-0.2, 0) is 0 Å². The lowest BCUT2D eigenvalue weighted by Gasteiger charge is -2.23. The van der Waals surface area contributed by atoms with Gasteiger partial charge in [0, 0.05) is 19.3 Å². The molecule has 0 saturated heterocycles. The lowest BCUT2D eigenvalue weighted by molar-refractivity contribution is 0.440. The van der Waals surface area contributed by atoms with E-state index in [-0.39, 0.29) is 10.8 Å². The zero-order valence-corrected chi connectivity index (χ0v) is 12.6.